The number of anilines is 1. The summed E-state index contributed by atoms with van der Waals surface area (Å²) >= 11 is 4.78. The van der Waals surface area contributed by atoms with Gasteiger partial charge < -0.3 is 16.0 Å². The predicted molar refractivity (Wildman–Crippen MR) is 81.0 cm³/mol. The van der Waals surface area contributed by atoms with Crippen LogP contribution < -0.4 is 11.1 Å². The summed E-state index contributed by atoms with van der Waals surface area (Å²) in [5, 5.41) is 3.29. The first-order valence-corrected chi connectivity index (χ1v) is 6.99. The van der Waals surface area contributed by atoms with Crippen molar-refractivity contribution in [2.45, 2.75) is 12.8 Å². The third kappa shape index (κ3) is 3.88. The molecule has 1 aromatic rings. The lowest BCUT2D eigenvalue weighted by atomic mass is 9.98. The summed E-state index contributed by atoms with van der Waals surface area (Å²) in [6.07, 6.45) is 2.46. The molecule has 1 unspecified atom stereocenters. The number of rotatable bonds is 4. The van der Waals surface area contributed by atoms with Crippen LogP contribution in [0.5, 0.6) is 0 Å². The number of benzene rings is 1. The predicted octanol–water partition coefficient (Wildman–Crippen LogP) is 2.21. The molecule has 0 aliphatic carbocycles. The molecule has 0 spiro atoms. The minimum atomic E-state index is -0.363. The van der Waals surface area contributed by atoms with Crippen LogP contribution in [-0.2, 0) is 0 Å². The van der Waals surface area contributed by atoms with Crippen LogP contribution in [0.4, 0.5) is 10.1 Å². The van der Waals surface area contributed by atoms with Crippen molar-refractivity contribution >= 4 is 22.9 Å². The summed E-state index contributed by atoms with van der Waals surface area (Å²) in [7, 11) is 2.14. The Kier molecular flexibility index (Phi) is 4.71. The van der Waals surface area contributed by atoms with E-state index < -0.39 is 0 Å². The average Bonchev–Trinajstić information content (AvgIpc) is 2.36. The Bertz CT molecular complexity index is 464. The number of piperidine rings is 1. The molecule has 1 saturated heterocycles. The number of hydrogen-bond acceptors (Lipinski definition) is 3. The summed E-state index contributed by atoms with van der Waals surface area (Å²) in [4.78, 5) is 2.43. The Morgan fingerprint density at radius 1 is 1.58 bits per heavy atom. The number of thiocarbonyl (C=S) groups is 1. The molecule has 0 radical (unpaired) electrons. The van der Waals surface area contributed by atoms with Crippen LogP contribution in [-0.4, -0.2) is 36.6 Å². The molecule has 1 atom stereocenters. The van der Waals surface area contributed by atoms with Gasteiger partial charge in [-0.1, -0.05) is 12.2 Å². The lowest BCUT2D eigenvalue weighted by molar-refractivity contribution is 0.217. The maximum Gasteiger partial charge on any atom is 0.135 e. The van der Waals surface area contributed by atoms with Crippen molar-refractivity contribution in [3.63, 3.8) is 0 Å². The molecule has 19 heavy (non-hydrogen) atoms. The van der Waals surface area contributed by atoms with Gasteiger partial charge >= 0.3 is 0 Å². The van der Waals surface area contributed by atoms with Crippen molar-refractivity contribution in [3.8, 4) is 0 Å². The molecule has 2 rings (SSSR count). The molecule has 1 aliphatic rings. The minimum absolute atomic E-state index is 0.0953. The highest BCUT2D eigenvalue weighted by atomic mass is 32.1. The highest BCUT2D eigenvalue weighted by Crippen LogP contribution is 2.18. The SMILES string of the molecule is CN1CCCC(CNc2ccc(C(N)=S)c(F)c2)C1. The molecule has 0 saturated carbocycles. The molecule has 104 valence electrons. The Morgan fingerprint density at radius 3 is 3.00 bits per heavy atom. The van der Waals surface area contributed by atoms with E-state index in [0.29, 0.717) is 11.5 Å². The Labute approximate surface area is 119 Å². The van der Waals surface area contributed by atoms with Crippen molar-refractivity contribution in [2.75, 3.05) is 32.0 Å². The van der Waals surface area contributed by atoms with Gasteiger partial charge in [0.05, 0.1) is 0 Å². The lowest BCUT2D eigenvalue weighted by Gasteiger charge is -2.30. The molecule has 0 bridgehead atoms. The molecular formula is C14H20FN3S. The van der Waals surface area contributed by atoms with E-state index in [1.54, 1.807) is 6.07 Å². The topological polar surface area (TPSA) is 41.3 Å². The molecule has 3 nitrogen and oxygen atoms in total. The van der Waals surface area contributed by atoms with E-state index >= 15 is 0 Å². The third-order valence-electron chi connectivity index (χ3n) is 3.55. The van der Waals surface area contributed by atoms with Gasteiger partial charge in [0.25, 0.3) is 0 Å². The van der Waals surface area contributed by atoms with Crippen LogP contribution in [0.1, 0.15) is 18.4 Å². The number of halogens is 1. The third-order valence-corrected chi connectivity index (χ3v) is 3.77. The van der Waals surface area contributed by atoms with Gasteiger partial charge in [-0.3, -0.25) is 0 Å². The van der Waals surface area contributed by atoms with E-state index in [0.717, 1.165) is 18.8 Å². The van der Waals surface area contributed by atoms with Gasteiger partial charge in [-0.25, -0.2) is 4.39 Å². The quantitative estimate of drug-likeness (QED) is 0.830. The Hall–Kier alpha value is -1.20. The standard InChI is InChI=1S/C14H20FN3S/c1-18-6-2-3-10(9-18)8-17-11-4-5-12(14(16)19)13(15)7-11/h4-5,7,10,17H,2-3,6,8-9H2,1H3,(H2,16,19). The normalized spacial score (nSPS) is 20.2. The molecule has 1 fully saturated rings. The monoisotopic (exact) mass is 281 g/mol. The lowest BCUT2D eigenvalue weighted by Crippen LogP contribution is -2.35. The van der Waals surface area contributed by atoms with E-state index in [-0.39, 0.29) is 10.8 Å². The fourth-order valence-corrected chi connectivity index (χ4v) is 2.69. The van der Waals surface area contributed by atoms with Crippen molar-refractivity contribution in [2.24, 2.45) is 11.7 Å². The smallest absolute Gasteiger partial charge is 0.135 e. The van der Waals surface area contributed by atoms with E-state index in [4.69, 9.17) is 18.0 Å². The first-order chi connectivity index (χ1) is 9.06. The zero-order chi connectivity index (χ0) is 13.8. The van der Waals surface area contributed by atoms with Crippen LogP contribution >= 0.6 is 12.2 Å². The second-order valence-corrected chi connectivity index (χ2v) is 5.65. The Morgan fingerprint density at radius 2 is 2.37 bits per heavy atom. The Balaban J connectivity index is 1.92. The number of nitrogens with zero attached hydrogens (tertiary/aromatic N) is 1. The summed E-state index contributed by atoms with van der Waals surface area (Å²) in [5.41, 5.74) is 6.52. The highest BCUT2D eigenvalue weighted by Gasteiger charge is 2.16. The van der Waals surface area contributed by atoms with E-state index in [2.05, 4.69) is 17.3 Å². The number of nitrogens with two attached hydrogens (primary N) is 1. The molecule has 3 N–H and O–H groups in total. The van der Waals surface area contributed by atoms with Crippen molar-refractivity contribution in [3.05, 3.63) is 29.6 Å². The van der Waals surface area contributed by atoms with Crippen LogP contribution in [0.25, 0.3) is 0 Å². The molecule has 1 heterocycles. The van der Waals surface area contributed by atoms with Crippen LogP contribution in [0.15, 0.2) is 18.2 Å². The van der Waals surface area contributed by atoms with Crippen molar-refractivity contribution in [1.29, 1.82) is 0 Å². The summed E-state index contributed by atoms with van der Waals surface area (Å²) in [5.74, 6) is 0.260. The van der Waals surface area contributed by atoms with Crippen LogP contribution in [0, 0.1) is 11.7 Å². The maximum atomic E-state index is 13.7. The van der Waals surface area contributed by atoms with E-state index in [1.165, 1.54) is 25.5 Å². The largest absolute Gasteiger partial charge is 0.389 e. The molecular weight excluding hydrogens is 261 g/mol. The van der Waals surface area contributed by atoms with E-state index in [9.17, 15) is 4.39 Å². The molecule has 5 heteroatoms. The number of likely N-dealkylation sites (tertiary alicyclic amines) is 1. The summed E-state index contributed by atoms with van der Waals surface area (Å²) in [6.45, 7) is 3.14. The molecule has 0 amide bonds. The van der Waals surface area contributed by atoms with Crippen molar-refractivity contribution < 1.29 is 4.39 Å². The summed E-state index contributed by atoms with van der Waals surface area (Å²) in [6, 6.07) is 4.91. The second-order valence-electron chi connectivity index (χ2n) is 5.21. The van der Waals surface area contributed by atoms with Gasteiger partial charge in [0.15, 0.2) is 0 Å². The zero-order valence-corrected chi connectivity index (χ0v) is 12.0. The molecule has 1 aliphatic heterocycles. The highest BCUT2D eigenvalue weighted by molar-refractivity contribution is 7.80. The first kappa shape index (κ1) is 14.2. The number of hydrogen-bond donors (Lipinski definition) is 2. The van der Waals surface area contributed by atoms with E-state index in [1.807, 2.05) is 6.07 Å². The summed E-state index contributed by atoms with van der Waals surface area (Å²) < 4.78 is 13.7. The number of nitrogens with one attached hydrogen (secondary N) is 1. The van der Waals surface area contributed by atoms with Gasteiger partial charge in [0.1, 0.15) is 10.8 Å². The average molecular weight is 281 g/mol. The fraction of sp³-hybridized carbons (Fsp3) is 0.500. The second kappa shape index (κ2) is 6.30. The fourth-order valence-electron chi connectivity index (χ4n) is 2.53. The van der Waals surface area contributed by atoms with Gasteiger partial charge in [-0.05, 0) is 50.6 Å². The van der Waals surface area contributed by atoms with Gasteiger partial charge in [-0.2, -0.15) is 0 Å². The zero-order valence-electron chi connectivity index (χ0n) is 11.2. The minimum Gasteiger partial charge on any atom is -0.389 e. The molecule has 1 aromatic carbocycles. The van der Waals surface area contributed by atoms with Gasteiger partial charge in [-0.15, -0.1) is 0 Å². The van der Waals surface area contributed by atoms with Crippen molar-refractivity contribution in [1.82, 2.24) is 4.90 Å². The molecule has 0 aromatic heterocycles. The first-order valence-electron chi connectivity index (χ1n) is 6.58. The van der Waals surface area contributed by atoms with Crippen LogP contribution in [0.2, 0.25) is 0 Å². The van der Waals surface area contributed by atoms with Gasteiger partial charge in [0, 0.05) is 24.3 Å². The van der Waals surface area contributed by atoms with Crippen LogP contribution in [0.3, 0.4) is 0 Å². The van der Waals surface area contributed by atoms with Gasteiger partial charge in [0.2, 0.25) is 0 Å². The maximum absolute atomic E-state index is 13.7.